The number of benzene rings is 2. The molecule has 0 saturated heterocycles. The normalized spacial score (nSPS) is 10.2. The van der Waals surface area contributed by atoms with Gasteiger partial charge in [0, 0.05) is 23.5 Å². The van der Waals surface area contributed by atoms with Crippen LogP contribution in [0, 0.1) is 0 Å². The van der Waals surface area contributed by atoms with Crippen LogP contribution in [0.3, 0.4) is 0 Å². The maximum Gasteiger partial charge on any atom is 0.258 e. The van der Waals surface area contributed by atoms with E-state index in [2.05, 4.69) is 15.6 Å². The highest BCUT2D eigenvalue weighted by atomic mass is 32.1. The molecule has 2 N–H and O–H groups in total. The van der Waals surface area contributed by atoms with Gasteiger partial charge in [0.2, 0.25) is 0 Å². The van der Waals surface area contributed by atoms with Crippen molar-refractivity contribution in [1.82, 2.24) is 10.3 Å². The van der Waals surface area contributed by atoms with Gasteiger partial charge in [-0.25, -0.2) is 0 Å². The lowest BCUT2D eigenvalue weighted by Gasteiger charge is -2.11. The molecule has 0 bridgehead atoms. The van der Waals surface area contributed by atoms with Crippen LogP contribution in [0.15, 0.2) is 67.0 Å². The van der Waals surface area contributed by atoms with Crippen molar-refractivity contribution in [3.8, 4) is 0 Å². The predicted molar refractivity (Wildman–Crippen MR) is 91.9 cm³/mol. The minimum atomic E-state index is -0.286. The molecule has 108 valence electrons. The van der Waals surface area contributed by atoms with E-state index in [1.54, 1.807) is 18.3 Å². The van der Waals surface area contributed by atoms with Crippen LogP contribution in [0.25, 0.3) is 10.8 Å². The first-order valence-electron chi connectivity index (χ1n) is 6.74. The molecule has 3 rings (SSSR count). The molecule has 0 fully saturated rings. The van der Waals surface area contributed by atoms with Crippen molar-refractivity contribution in [3.63, 3.8) is 0 Å². The molecule has 2 aromatic carbocycles. The third-order valence-electron chi connectivity index (χ3n) is 3.19. The number of pyridine rings is 1. The number of carbonyl (C=O) groups excluding carboxylic acids is 1. The van der Waals surface area contributed by atoms with Gasteiger partial charge in [0.25, 0.3) is 5.91 Å². The Hall–Kier alpha value is -2.79. The molecule has 0 aliphatic heterocycles. The number of anilines is 1. The van der Waals surface area contributed by atoms with Crippen LogP contribution in [0.5, 0.6) is 0 Å². The Bertz CT molecular complexity index is 828. The molecule has 0 aliphatic carbocycles. The second-order valence-electron chi connectivity index (χ2n) is 4.68. The van der Waals surface area contributed by atoms with Crippen molar-refractivity contribution in [2.75, 3.05) is 5.32 Å². The Labute approximate surface area is 133 Å². The van der Waals surface area contributed by atoms with Gasteiger partial charge >= 0.3 is 0 Å². The SMILES string of the molecule is O=C(NC(=S)Nc1cccc2ccccc12)c1cccnc1. The smallest absolute Gasteiger partial charge is 0.258 e. The maximum absolute atomic E-state index is 12.0. The molecule has 5 heteroatoms. The summed E-state index contributed by atoms with van der Waals surface area (Å²) >= 11 is 5.21. The standard InChI is InChI=1S/C17H13N3OS/c21-16(13-7-4-10-18-11-13)20-17(22)19-15-9-3-6-12-5-1-2-8-14(12)15/h1-11H,(H2,19,20,21,22). The van der Waals surface area contributed by atoms with Crippen LogP contribution in [0.4, 0.5) is 5.69 Å². The number of nitrogens with zero attached hydrogens (tertiary/aromatic N) is 1. The fourth-order valence-electron chi connectivity index (χ4n) is 2.16. The average molecular weight is 307 g/mol. The molecule has 0 aliphatic rings. The Balaban J connectivity index is 1.75. The topological polar surface area (TPSA) is 54.0 Å². The molecule has 0 saturated carbocycles. The van der Waals surface area contributed by atoms with E-state index in [9.17, 15) is 4.79 Å². The predicted octanol–water partition coefficient (Wildman–Crippen LogP) is 3.36. The Morgan fingerprint density at radius 3 is 2.64 bits per heavy atom. The minimum absolute atomic E-state index is 0.255. The van der Waals surface area contributed by atoms with E-state index in [0.29, 0.717) is 5.56 Å². The van der Waals surface area contributed by atoms with Gasteiger partial charge in [-0.05, 0) is 35.8 Å². The third-order valence-corrected chi connectivity index (χ3v) is 3.39. The number of hydrogen-bond acceptors (Lipinski definition) is 3. The van der Waals surface area contributed by atoms with Crippen molar-refractivity contribution in [2.45, 2.75) is 0 Å². The van der Waals surface area contributed by atoms with Gasteiger partial charge < -0.3 is 5.32 Å². The molecule has 1 heterocycles. The summed E-state index contributed by atoms with van der Waals surface area (Å²) < 4.78 is 0. The fraction of sp³-hybridized carbons (Fsp3) is 0. The van der Waals surface area contributed by atoms with Crippen molar-refractivity contribution in [3.05, 3.63) is 72.6 Å². The molecule has 0 radical (unpaired) electrons. The lowest BCUT2D eigenvalue weighted by Crippen LogP contribution is -2.34. The van der Waals surface area contributed by atoms with E-state index in [1.807, 2.05) is 42.5 Å². The maximum atomic E-state index is 12.0. The van der Waals surface area contributed by atoms with E-state index >= 15 is 0 Å². The number of aromatic nitrogens is 1. The zero-order valence-corrected chi connectivity index (χ0v) is 12.4. The molecule has 4 nitrogen and oxygen atoms in total. The molecule has 0 atom stereocenters. The lowest BCUT2D eigenvalue weighted by molar-refractivity contribution is 0.0977. The molecule has 1 aromatic heterocycles. The summed E-state index contributed by atoms with van der Waals surface area (Å²) in [5.41, 5.74) is 1.32. The molecular formula is C17H13N3OS. The zero-order chi connectivity index (χ0) is 15.4. The third kappa shape index (κ3) is 3.10. The van der Waals surface area contributed by atoms with E-state index in [1.165, 1.54) is 6.20 Å². The number of fused-ring (bicyclic) bond motifs is 1. The van der Waals surface area contributed by atoms with Gasteiger partial charge in [-0.15, -0.1) is 0 Å². The Kier molecular flexibility index (Phi) is 4.07. The highest BCUT2D eigenvalue weighted by Gasteiger charge is 2.08. The van der Waals surface area contributed by atoms with Gasteiger partial charge in [0.15, 0.2) is 5.11 Å². The van der Waals surface area contributed by atoms with Gasteiger partial charge in [-0.3, -0.25) is 15.1 Å². The fourth-order valence-corrected chi connectivity index (χ4v) is 2.36. The summed E-state index contributed by atoms with van der Waals surface area (Å²) in [7, 11) is 0. The molecule has 22 heavy (non-hydrogen) atoms. The van der Waals surface area contributed by atoms with E-state index in [0.717, 1.165) is 16.5 Å². The molecule has 0 spiro atoms. The van der Waals surface area contributed by atoms with E-state index < -0.39 is 0 Å². The van der Waals surface area contributed by atoms with Crippen LogP contribution in [-0.2, 0) is 0 Å². The van der Waals surface area contributed by atoms with Crippen LogP contribution in [-0.4, -0.2) is 16.0 Å². The molecule has 0 unspecified atom stereocenters. The van der Waals surface area contributed by atoms with Crippen LogP contribution in [0.2, 0.25) is 0 Å². The highest BCUT2D eigenvalue weighted by molar-refractivity contribution is 7.80. The molecular weight excluding hydrogens is 294 g/mol. The highest BCUT2D eigenvalue weighted by Crippen LogP contribution is 2.22. The zero-order valence-electron chi connectivity index (χ0n) is 11.6. The number of hydrogen-bond donors (Lipinski definition) is 2. The first kappa shape index (κ1) is 14.2. The van der Waals surface area contributed by atoms with Crippen LogP contribution >= 0.6 is 12.2 Å². The average Bonchev–Trinajstić information content (AvgIpc) is 2.56. The summed E-state index contributed by atoms with van der Waals surface area (Å²) in [6.07, 6.45) is 3.11. The van der Waals surface area contributed by atoms with Crippen LogP contribution < -0.4 is 10.6 Å². The summed E-state index contributed by atoms with van der Waals surface area (Å²) in [5.74, 6) is -0.286. The van der Waals surface area contributed by atoms with Crippen LogP contribution in [0.1, 0.15) is 10.4 Å². The van der Waals surface area contributed by atoms with Gasteiger partial charge in [-0.1, -0.05) is 36.4 Å². The first-order chi connectivity index (χ1) is 10.7. The second kappa shape index (κ2) is 6.32. The van der Waals surface area contributed by atoms with Crippen molar-refractivity contribution in [2.24, 2.45) is 0 Å². The monoisotopic (exact) mass is 307 g/mol. The largest absolute Gasteiger partial charge is 0.332 e. The van der Waals surface area contributed by atoms with E-state index in [-0.39, 0.29) is 11.0 Å². The Morgan fingerprint density at radius 2 is 1.82 bits per heavy atom. The summed E-state index contributed by atoms with van der Waals surface area (Å²) in [6.45, 7) is 0. The van der Waals surface area contributed by atoms with Gasteiger partial charge in [-0.2, -0.15) is 0 Å². The summed E-state index contributed by atoms with van der Waals surface area (Å²) in [4.78, 5) is 15.9. The Morgan fingerprint density at radius 1 is 1.00 bits per heavy atom. The second-order valence-corrected chi connectivity index (χ2v) is 5.08. The lowest BCUT2D eigenvalue weighted by atomic mass is 10.1. The number of rotatable bonds is 2. The van der Waals surface area contributed by atoms with Crippen molar-refractivity contribution < 1.29 is 4.79 Å². The van der Waals surface area contributed by atoms with Gasteiger partial charge in [0.1, 0.15) is 0 Å². The first-order valence-corrected chi connectivity index (χ1v) is 7.15. The number of thiocarbonyl (C=S) groups is 1. The minimum Gasteiger partial charge on any atom is -0.332 e. The number of carbonyl (C=O) groups is 1. The summed E-state index contributed by atoms with van der Waals surface area (Å²) in [6, 6.07) is 17.2. The molecule has 3 aromatic rings. The number of amides is 1. The van der Waals surface area contributed by atoms with Crippen molar-refractivity contribution >= 4 is 39.7 Å². The quantitative estimate of drug-likeness (QED) is 0.713. The van der Waals surface area contributed by atoms with Crippen molar-refractivity contribution in [1.29, 1.82) is 0 Å². The summed E-state index contributed by atoms with van der Waals surface area (Å²) in [5, 5.41) is 8.12. The molecule has 1 amide bonds. The van der Waals surface area contributed by atoms with Gasteiger partial charge in [0.05, 0.1) is 5.56 Å². The number of nitrogens with one attached hydrogen (secondary N) is 2. The van der Waals surface area contributed by atoms with E-state index in [4.69, 9.17) is 12.2 Å².